The van der Waals surface area contributed by atoms with Crippen molar-refractivity contribution in [3.8, 4) is 0 Å². The molecule has 0 aliphatic rings. The van der Waals surface area contributed by atoms with Gasteiger partial charge in [-0.15, -0.1) is 5.16 Å². The van der Waals surface area contributed by atoms with Gasteiger partial charge in [-0.1, -0.05) is 28.1 Å². The smallest absolute Gasteiger partial charge is 0.0689 e. The Hall–Kier alpha value is -0.870. The molecule has 0 saturated heterocycles. The standard InChI is InChI=1S/C8H9BrN2O/c9-7-3-1-2-6(4-7)8(10)5-11-12/h1-5,8,12H,10H2/b11-5+. The maximum atomic E-state index is 8.25. The van der Waals surface area contributed by atoms with E-state index in [9.17, 15) is 0 Å². The lowest BCUT2D eigenvalue weighted by molar-refractivity contribution is 0.320. The van der Waals surface area contributed by atoms with Gasteiger partial charge in [0, 0.05) is 4.47 Å². The van der Waals surface area contributed by atoms with Crippen molar-refractivity contribution in [1.29, 1.82) is 0 Å². The summed E-state index contributed by atoms with van der Waals surface area (Å²) in [6.45, 7) is 0. The van der Waals surface area contributed by atoms with E-state index in [1.54, 1.807) is 0 Å². The quantitative estimate of drug-likeness (QED) is 0.462. The van der Waals surface area contributed by atoms with Crippen molar-refractivity contribution < 1.29 is 5.21 Å². The van der Waals surface area contributed by atoms with Gasteiger partial charge in [0.1, 0.15) is 0 Å². The molecule has 0 spiro atoms. The average molecular weight is 229 g/mol. The summed E-state index contributed by atoms with van der Waals surface area (Å²) < 4.78 is 0.960. The summed E-state index contributed by atoms with van der Waals surface area (Å²) in [5.41, 5.74) is 6.55. The Labute approximate surface area is 79.0 Å². The van der Waals surface area contributed by atoms with E-state index < -0.39 is 0 Å². The molecule has 1 unspecified atom stereocenters. The molecule has 0 amide bonds. The third-order valence-corrected chi connectivity index (χ3v) is 1.95. The monoisotopic (exact) mass is 228 g/mol. The summed E-state index contributed by atoms with van der Waals surface area (Å²) >= 11 is 3.32. The number of halogens is 1. The highest BCUT2D eigenvalue weighted by Crippen LogP contribution is 2.15. The van der Waals surface area contributed by atoms with E-state index in [4.69, 9.17) is 10.9 Å². The van der Waals surface area contributed by atoms with Crippen molar-refractivity contribution in [2.45, 2.75) is 6.04 Å². The molecule has 0 heterocycles. The third kappa shape index (κ3) is 2.32. The Balaban J connectivity index is 2.87. The molecule has 12 heavy (non-hydrogen) atoms. The average Bonchev–Trinajstić information content (AvgIpc) is 2.05. The molecule has 1 atom stereocenters. The summed E-state index contributed by atoms with van der Waals surface area (Å²) in [7, 11) is 0. The van der Waals surface area contributed by atoms with Crippen molar-refractivity contribution in [2.24, 2.45) is 10.9 Å². The van der Waals surface area contributed by atoms with Gasteiger partial charge in [-0.3, -0.25) is 0 Å². The SMILES string of the molecule is NC(/C=N/O)c1cccc(Br)c1. The van der Waals surface area contributed by atoms with Crippen molar-refractivity contribution in [3.05, 3.63) is 34.3 Å². The van der Waals surface area contributed by atoms with Crippen LogP contribution in [0, 0.1) is 0 Å². The first kappa shape index (κ1) is 9.22. The van der Waals surface area contributed by atoms with Gasteiger partial charge in [-0.05, 0) is 17.7 Å². The Morgan fingerprint density at radius 3 is 2.92 bits per heavy atom. The number of nitrogens with zero attached hydrogens (tertiary/aromatic N) is 1. The van der Waals surface area contributed by atoms with Crippen LogP contribution in [0.25, 0.3) is 0 Å². The van der Waals surface area contributed by atoms with Gasteiger partial charge in [0.05, 0.1) is 12.3 Å². The molecule has 0 fully saturated rings. The second kappa shape index (κ2) is 4.23. The van der Waals surface area contributed by atoms with Gasteiger partial charge in [0.15, 0.2) is 0 Å². The fourth-order valence-electron chi connectivity index (χ4n) is 0.872. The Kier molecular flexibility index (Phi) is 3.25. The maximum absolute atomic E-state index is 8.25. The predicted octanol–water partition coefficient (Wildman–Crippen LogP) is 1.91. The molecular formula is C8H9BrN2O. The maximum Gasteiger partial charge on any atom is 0.0689 e. The van der Waals surface area contributed by atoms with E-state index in [-0.39, 0.29) is 6.04 Å². The van der Waals surface area contributed by atoms with Crippen LogP contribution in [0.5, 0.6) is 0 Å². The second-order valence-corrected chi connectivity index (χ2v) is 3.26. The lowest BCUT2D eigenvalue weighted by atomic mass is 10.1. The fraction of sp³-hybridized carbons (Fsp3) is 0.125. The number of nitrogens with two attached hydrogens (primary N) is 1. The second-order valence-electron chi connectivity index (χ2n) is 2.35. The van der Waals surface area contributed by atoms with Crippen LogP contribution in [0.1, 0.15) is 11.6 Å². The fourth-order valence-corrected chi connectivity index (χ4v) is 1.29. The van der Waals surface area contributed by atoms with E-state index in [2.05, 4.69) is 21.1 Å². The van der Waals surface area contributed by atoms with Gasteiger partial charge >= 0.3 is 0 Å². The topological polar surface area (TPSA) is 58.6 Å². The van der Waals surface area contributed by atoms with Crippen molar-refractivity contribution in [3.63, 3.8) is 0 Å². The molecule has 1 aromatic rings. The first-order valence-corrected chi connectivity index (χ1v) is 4.22. The largest absolute Gasteiger partial charge is 0.411 e. The Morgan fingerprint density at radius 2 is 2.33 bits per heavy atom. The first-order chi connectivity index (χ1) is 5.74. The third-order valence-electron chi connectivity index (χ3n) is 1.46. The summed E-state index contributed by atoms with van der Waals surface area (Å²) in [5, 5.41) is 11.1. The highest BCUT2D eigenvalue weighted by molar-refractivity contribution is 9.10. The molecule has 0 aromatic heterocycles. The molecular weight excluding hydrogens is 220 g/mol. The van der Waals surface area contributed by atoms with Gasteiger partial charge in [0.2, 0.25) is 0 Å². The number of hydrogen-bond acceptors (Lipinski definition) is 3. The van der Waals surface area contributed by atoms with Crippen LogP contribution >= 0.6 is 15.9 Å². The van der Waals surface area contributed by atoms with Gasteiger partial charge in [-0.25, -0.2) is 0 Å². The lowest BCUT2D eigenvalue weighted by Crippen LogP contribution is -2.11. The Bertz CT molecular complexity index is 288. The summed E-state index contributed by atoms with van der Waals surface area (Å²) in [5.74, 6) is 0. The Morgan fingerprint density at radius 1 is 1.58 bits per heavy atom. The highest BCUT2D eigenvalue weighted by Gasteiger charge is 2.01. The van der Waals surface area contributed by atoms with Crippen LogP contribution in [0.3, 0.4) is 0 Å². The van der Waals surface area contributed by atoms with Crippen LogP contribution < -0.4 is 5.73 Å². The molecule has 0 saturated carbocycles. The van der Waals surface area contributed by atoms with E-state index >= 15 is 0 Å². The number of benzene rings is 1. The number of hydrogen-bond donors (Lipinski definition) is 2. The molecule has 1 aromatic carbocycles. The molecule has 64 valence electrons. The number of oxime groups is 1. The lowest BCUT2D eigenvalue weighted by Gasteiger charge is -2.04. The van der Waals surface area contributed by atoms with Crippen LogP contribution in [-0.4, -0.2) is 11.4 Å². The molecule has 0 radical (unpaired) electrons. The zero-order valence-electron chi connectivity index (χ0n) is 6.31. The van der Waals surface area contributed by atoms with Gasteiger partial charge in [-0.2, -0.15) is 0 Å². The molecule has 0 aliphatic heterocycles. The zero-order valence-corrected chi connectivity index (χ0v) is 7.90. The summed E-state index contributed by atoms with van der Waals surface area (Å²) in [6, 6.07) is 7.19. The molecule has 4 heteroatoms. The van der Waals surface area contributed by atoms with Crippen molar-refractivity contribution >= 4 is 22.1 Å². The van der Waals surface area contributed by atoms with Gasteiger partial charge in [0.25, 0.3) is 0 Å². The summed E-state index contributed by atoms with van der Waals surface area (Å²) in [6.07, 6.45) is 1.28. The predicted molar refractivity (Wildman–Crippen MR) is 51.3 cm³/mol. The number of rotatable bonds is 2. The van der Waals surface area contributed by atoms with Crippen LogP contribution in [0.4, 0.5) is 0 Å². The molecule has 3 N–H and O–H groups in total. The van der Waals surface area contributed by atoms with Crippen molar-refractivity contribution in [2.75, 3.05) is 0 Å². The zero-order chi connectivity index (χ0) is 8.97. The first-order valence-electron chi connectivity index (χ1n) is 3.42. The minimum absolute atomic E-state index is 0.354. The molecule has 1 rings (SSSR count). The van der Waals surface area contributed by atoms with E-state index in [1.807, 2.05) is 24.3 Å². The van der Waals surface area contributed by atoms with E-state index in [0.717, 1.165) is 10.0 Å². The molecule has 0 aliphatic carbocycles. The van der Waals surface area contributed by atoms with Gasteiger partial charge < -0.3 is 10.9 Å². The van der Waals surface area contributed by atoms with Crippen LogP contribution in [0.2, 0.25) is 0 Å². The minimum atomic E-state index is -0.354. The van der Waals surface area contributed by atoms with E-state index in [0.29, 0.717) is 0 Å². The highest BCUT2D eigenvalue weighted by atomic mass is 79.9. The molecule has 3 nitrogen and oxygen atoms in total. The van der Waals surface area contributed by atoms with Crippen LogP contribution in [0.15, 0.2) is 33.9 Å². The van der Waals surface area contributed by atoms with Crippen molar-refractivity contribution in [1.82, 2.24) is 0 Å². The van der Waals surface area contributed by atoms with E-state index in [1.165, 1.54) is 6.21 Å². The minimum Gasteiger partial charge on any atom is -0.411 e. The normalized spacial score (nSPS) is 13.5. The summed E-state index contributed by atoms with van der Waals surface area (Å²) in [4.78, 5) is 0. The molecule has 0 bridgehead atoms. The van der Waals surface area contributed by atoms with Crippen LogP contribution in [-0.2, 0) is 0 Å².